The molecule has 0 radical (unpaired) electrons. The first-order valence-electron chi connectivity index (χ1n) is 7.95. The summed E-state index contributed by atoms with van der Waals surface area (Å²) in [7, 11) is -1.27. The van der Waals surface area contributed by atoms with Crippen molar-refractivity contribution in [2.75, 3.05) is 32.4 Å². The van der Waals surface area contributed by atoms with E-state index in [2.05, 4.69) is 39.6 Å². The molecule has 1 fully saturated rings. The smallest absolute Gasteiger partial charge is 0.193 e. The lowest BCUT2D eigenvalue weighted by atomic mass is 10.1. The average Bonchev–Trinajstić information content (AvgIpc) is 2.96. The number of rotatable bonds is 4. The largest absolute Gasteiger partial charge is 0.356 e. The van der Waals surface area contributed by atoms with E-state index >= 15 is 0 Å². The van der Waals surface area contributed by atoms with Crippen LogP contribution in [0.15, 0.2) is 22.5 Å². The highest BCUT2D eigenvalue weighted by Gasteiger charge is 2.40. The Hall–Kier alpha value is -0.350. The van der Waals surface area contributed by atoms with Gasteiger partial charge in [-0.15, -0.1) is 35.3 Å². The molecule has 138 valence electrons. The molecule has 1 saturated heterocycles. The summed E-state index contributed by atoms with van der Waals surface area (Å²) in [5.74, 6) is 1.48. The highest BCUT2D eigenvalue weighted by Crippen LogP contribution is 2.23. The predicted octanol–water partition coefficient (Wildman–Crippen LogP) is 2.63. The minimum absolute atomic E-state index is 0. The van der Waals surface area contributed by atoms with Crippen LogP contribution < -0.4 is 5.32 Å². The van der Waals surface area contributed by atoms with E-state index < -0.39 is 14.6 Å². The van der Waals surface area contributed by atoms with Crippen LogP contribution in [-0.2, 0) is 16.3 Å². The zero-order chi connectivity index (χ0) is 17.1. The highest BCUT2D eigenvalue weighted by molar-refractivity contribution is 14.0. The molecule has 2 heterocycles. The Morgan fingerprint density at radius 1 is 1.50 bits per heavy atom. The molecule has 0 bridgehead atoms. The van der Waals surface area contributed by atoms with Gasteiger partial charge in [0.1, 0.15) is 0 Å². The Labute approximate surface area is 166 Å². The number of guanidine groups is 1. The van der Waals surface area contributed by atoms with Crippen molar-refractivity contribution in [3.05, 3.63) is 22.4 Å². The van der Waals surface area contributed by atoms with Crippen molar-refractivity contribution in [3.63, 3.8) is 0 Å². The van der Waals surface area contributed by atoms with Crippen LogP contribution in [0.3, 0.4) is 0 Å². The third kappa shape index (κ3) is 5.32. The molecule has 0 amide bonds. The summed E-state index contributed by atoms with van der Waals surface area (Å²) in [6, 6.07) is 4.24. The first-order chi connectivity index (χ1) is 10.7. The van der Waals surface area contributed by atoms with Gasteiger partial charge in [-0.05, 0) is 37.6 Å². The molecular weight excluding hydrogens is 457 g/mol. The second kappa shape index (κ2) is 8.84. The second-order valence-electron chi connectivity index (χ2n) is 6.82. The maximum absolute atomic E-state index is 12.1. The Bertz CT molecular complexity index is 642. The van der Waals surface area contributed by atoms with Crippen LogP contribution in [0.4, 0.5) is 0 Å². The summed E-state index contributed by atoms with van der Waals surface area (Å²) >= 11 is 1.78. The Morgan fingerprint density at radius 2 is 2.21 bits per heavy atom. The number of aliphatic imine (C=N–C) groups is 1. The third-order valence-electron chi connectivity index (χ3n) is 4.29. The third-order valence-corrected chi connectivity index (χ3v) is 7.72. The minimum Gasteiger partial charge on any atom is -0.356 e. The van der Waals surface area contributed by atoms with E-state index in [0.717, 1.165) is 18.9 Å². The molecule has 1 aromatic rings. The number of sulfone groups is 1. The minimum atomic E-state index is -3.02. The van der Waals surface area contributed by atoms with Crippen LogP contribution in [0.25, 0.3) is 0 Å². The fourth-order valence-corrected chi connectivity index (χ4v) is 5.00. The van der Waals surface area contributed by atoms with Gasteiger partial charge in [0, 0.05) is 31.6 Å². The van der Waals surface area contributed by atoms with Gasteiger partial charge >= 0.3 is 0 Å². The van der Waals surface area contributed by atoms with E-state index in [-0.39, 0.29) is 29.7 Å². The van der Waals surface area contributed by atoms with Crippen LogP contribution in [0.5, 0.6) is 0 Å². The van der Waals surface area contributed by atoms with Crippen molar-refractivity contribution < 1.29 is 8.42 Å². The van der Waals surface area contributed by atoms with Gasteiger partial charge in [0.05, 0.1) is 10.5 Å². The number of halogens is 1. The first-order valence-corrected chi connectivity index (χ1v) is 10.5. The van der Waals surface area contributed by atoms with Gasteiger partial charge in [0.25, 0.3) is 0 Å². The van der Waals surface area contributed by atoms with Gasteiger partial charge in [-0.1, -0.05) is 13.0 Å². The van der Waals surface area contributed by atoms with Crippen molar-refractivity contribution in [1.29, 1.82) is 0 Å². The van der Waals surface area contributed by atoms with E-state index in [1.165, 1.54) is 4.88 Å². The van der Waals surface area contributed by atoms with Gasteiger partial charge < -0.3 is 10.2 Å². The fourth-order valence-electron chi connectivity index (χ4n) is 2.77. The Kier molecular flexibility index (Phi) is 7.99. The van der Waals surface area contributed by atoms with Crippen molar-refractivity contribution in [3.8, 4) is 0 Å². The van der Waals surface area contributed by atoms with E-state index in [1.54, 1.807) is 32.2 Å². The quantitative estimate of drug-likeness (QED) is 0.405. The zero-order valence-electron chi connectivity index (χ0n) is 14.8. The van der Waals surface area contributed by atoms with E-state index in [1.807, 2.05) is 0 Å². The summed E-state index contributed by atoms with van der Waals surface area (Å²) < 4.78 is 23.5. The number of hydrogen-bond acceptors (Lipinski definition) is 4. The lowest BCUT2D eigenvalue weighted by Crippen LogP contribution is -2.57. The predicted molar refractivity (Wildman–Crippen MR) is 113 cm³/mol. The number of nitrogens with one attached hydrogen (secondary N) is 1. The lowest BCUT2D eigenvalue weighted by Gasteiger charge is -2.39. The molecule has 1 aromatic heterocycles. The molecule has 1 unspecified atom stereocenters. The van der Waals surface area contributed by atoms with E-state index in [0.29, 0.717) is 19.0 Å². The summed E-state index contributed by atoms with van der Waals surface area (Å²) in [5, 5.41) is 5.50. The van der Waals surface area contributed by atoms with Gasteiger partial charge in [-0.25, -0.2) is 8.42 Å². The van der Waals surface area contributed by atoms with Crippen LogP contribution in [0.1, 0.15) is 25.6 Å². The molecule has 0 aromatic carbocycles. The topological polar surface area (TPSA) is 61.8 Å². The molecule has 1 aliphatic heterocycles. The van der Waals surface area contributed by atoms with Crippen LogP contribution >= 0.6 is 35.3 Å². The summed E-state index contributed by atoms with van der Waals surface area (Å²) in [6.07, 6.45) is 1.04. The molecule has 5 nitrogen and oxygen atoms in total. The maximum atomic E-state index is 12.1. The van der Waals surface area contributed by atoms with Crippen molar-refractivity contribution in [1.82, 2.24) is 10.2 Å². The SMILES string of the molecule is CN=C(NCC(C)Cc1cccs1)N1CCS(=O)(=O)C(C)(C)C1.I. The number of hydrogen-bond donors (Lipinski definition) is 1. The van der Waals surface area contributed by atoms with Crippen molar-refractivity contribution in [2.24, 2.45) is 10.9 Å². The van der Waals surface area contributed by atoms with Crippen molar-refractivity contribution >= 4 is 51.1 Å². The summed E-state index contributed by atoms with van der Waals surface area (Å²) in [4.78, 5) is 7.78. The van der Waals surface area contributed by atoms with Crippen LogP contribution in [0, 0.1) is 5.92 Å². The van der Waals surface area contributed by atoms with E-state index in [4.69, 9.17) is 0 Å². The van der Waals surface area contributed by atoms with Gasteiger partial charge in [0.2, 0.25) is 0 Å². The Morgan fingerprint density at radius 3 is 2.75 bits per heavy atom. The molecule has 1 atom stereocenters. The molecule has 0 aliphatic carbocycles. The molecular formula is C16H28IN3O2S2. The molecule has 1 aliphatic rings. The molecule has 1 N–H and O–H groups in total. The van der Waals surface area contributed by atoms with Gasteiger partial charge in [0.15, 0.2) is 15.8 Å². The van der Waals surface area contributed by atoms with E-state index in [9.17, 15) is 8.42 Å². The molecule has 2 rings (SSSR count). The Balaban J connectivity index is 0.00000288. The molecule has 24 heavy (non-hydrogen) atoms. The van der Waals surface area contributed by atoms with Crippen molar-refractivity contribution in [2.45, 2.75) is 31.9 Å². The molecule has 8 heteroatoms. The monoisotopic (exact) mass is 485 g/mol. The highest BCUT2D eigenvalue weighted by atomic mass is 127. The second-order valence-corrected chi connectivity index (χ2v) is 10.6. The number of nitrogens with zero attached hydrogens (tertiary/aromatic N) is 2. The molecule has 0 saturated carbocycles. The maximum Gasteiger partial charge on any atom is 0.193 e. The average molecular weight is 485 g/mol. The summed E-state index contributed by atoms with van der Waals surface area (Å²) in [5.41, 5.74) is 0. The number of thiophene rings is 1. The van der Waals surface area contributed by atoms with Gasteiger partial charge in [-0.3, -0.25) is 4.99 Å². The van der Waals surface area contributed by atoms with Gasteiger partial charge in [-0.2, -0.15) is 0 Å². The van der Waals surface area contributed by atoms with Crippen LogP contribution in [0.2, 0.25) is 0 Å². The first kappa shape index (κ1) is 21.7. The standard InChI is InChI=1S/C16H27N3O2S2.HI/c1-13(10-14-6-5-8-22-14)11-18-15(17-4)19-7-9-23(20,21)16(2,3)12-19;/h5-6,8,13H,7,9-12H2,1-4H3,(H,17,18);1H. The zero-order valence-corrected chi connectivity index (χ0v) is 18.7. The fraction of sp³-hybridized carbons (Fsp3) is 0.688. The molecule has 0 spiro atoms. The van der Waals surface area contributed by atoms with Crippen LogP contribution in [-0.4, -0.2) is 56.5 Å². The normalized spacial score (nSPS) is 21.0. The summed E-state index contributed by atoms with van der Waals surface area (Å²) in [6.45, 7) is 7.61. The lowest BCUT2D eigenvalue weighted by molar-refractivity contribution is 0.351.